The first-order valence-corrected chi connectivity index (χ1v) is 18.0. The molecule has 0 amide bonds. The molecule has 2 aliphatic heterocycles. The van der Waals surface area contributed by atoms with Crippen LogP contribution in [0.25, 0.3) is 21.1 Å². The van der Waals surface area contributed by atoms with Crippen LogP contribution in [0.15, 0.2) is 30.6 Å². The molecule has 0 bridgehead atoms. The SMILES string of the molecule is Cc1c(CN2CCC(Nc3ncnc4sc(CC(F)(F)F)cc34)CC2)ccc2c1cc(C#N)n2CC(C)N1CC(NS(C)(=O)=O)C1. The van der Waals surface area contributed by atoms with Crippen molar-refractivity contribution in [1.82, 2.24) is 29.1 Å². The highest BCUT2D eigenvalue weighted by atomic mass is 32.2. The van der Waals surface area contributed by atoms with Gasteiger partial charge in [-0.05, 0) is 56.0 Å². The zero-order valence-corrected chi connectivity index (χ0v) is 27.6. The molecule has 1 atom stereocenters. The fraction of sp³-hybridized carbons (Fsp3) is 0.516. The summed E-state index contributed by atoms with van der Waals surface area (Å²) in [4.78, 5) is 13.9. The number of nitrogens with one attached hydrogen (secondary N) is 2. The van der Waals surface area contributed by atoms with E-state index < -0.39 is 22.6 Å². The minimum Gasteiger partial charge on any atom is -0.367 e. The predicted octanol–water partition coefficient (Wildman–Crippen LogP) is 4.63. The molecule has 2 saturated heterocycles. The number of aryl methyl sites for hydroxylation is 1. The van der Waals surface area contributed by atoms with Crippen molar-refractivity contribution in [2.45, 2.75) is 70.5 Å². The van der Waals surface area contributed by atoms with E-state index in [4.69, 9.17) is 0 Å². The van der Waals surface area contributed by atoms with E-state index in [1.807, 2.05) is 6.07 Å². The number of hydrogen-bond acceptors (Lipinski definition) is 9. The number of sulfonamides is 1. The van der Waals surface area contributed by atoms with E-state index in [0.717, 1.165) is 60.3 Å². The number of anilines is 1. The normalized spacial score (nSPS) is 18.2. The highest BCUT2D eigenvalue weighted by Gasteiger charge is 2.33. The molecule has 3 aromatic heterocycles. The fourth-order valence-electron chi connectivity index (χ4n) is 6.59. The monoisotopic (exact) mass is 674 g/mol. The lowest BCUT2D eigenvalue weighted by molar-refractivity contribution is -0.126. The quantitative estimate of drug-likeness (QED) is 0.250. The van der Waals surface area contributed by atoms with Crippen LogP contribution in [0.4, 0.5) is 19.0 Å². The Balaban J connectivity index is 1.07. The second kappa shape index (κ2) is 12.7. The maximum Gasteiger partial charge on any atom is 0.393 e. The Hall–Kier alpha value is -3.29. The number of rotatable bonds is 10. The molecule has 246 valence electrons. The van der Waals surface area contributed by atoms with Crippen molar-refractivity contribution in [3.63, 3.8) is 0 Å². The van der Waals surface area contributed by atoms with Crippen molar-refractivity contribution < 1.29 is 21.6 Å². The lowest BCUT2D eigenvalue weighted by Crippen LogP contribution is -2.62. The molecule has 5 heterocycles. The molecule has 15 heteroatoms. The minimum absolute atomic E-state index is 0.0796. The second-order valence-electron chi connectivity index (χ2n) is 12.6. The summed E-state index contributed by atoms with van der Waals surface area (Å²) in [7, 11) is -3.23. The summed E-state index contributed by atoms with van der Waals surface area (Å²) >= 11 is 1.06. The van der Waals surface area contributed by atoms with Gasteiger partial charge < -0.3 is 9.88 Å². The van der Waals surface area contributed by atoms with Gasteiger partial charge in [-0.25, -0.2) is 23.1 Å². The molecule has 0 spiro atoms. The highest BCUT2D eigenvalue weighted by Crippen LogP contribution is 2.33. The maximum absolute atomic E-state index is 12.9. The Morgan fingerprint density at radius 2 is 1.87 bits per heavy atom. The Kier molecular flexibility index (Phi) is 9.03. The smallest absolute Gasteiger partial charge is 0.367 e. The average molecular weight is 675 g/mol. The third kappa shape index (κ3) is 7.31. The molecule has 0 saturated carbocycles. The van der Waals surface area contributed by atoms with Crippen molar-refractivity contribution in [2.24, 2.45) is 0 Å². The number of fused-ring (bicyclic) bond motifs is 2. The number of piperidine rings is 1. The summed E-state index contributed by atoms with van der Waals surface area (Å²) in [6.45, 7) is 8.62. The number of benzene rings is 1. The van der Waals surface area contributed by atoms with Crippen LogP contribution in [0.3, 0.4) is 0 Å². The van der Waals surface area contributed by atoms with Crippen LogP contribution in [0, 0.1) is 18.3 Å². The van der Waals surface area contributed by atoms with E-state index in [0.29, 0.717) is 41.4 Å². The van der Waals surface area contributed by atoms with Gasteiger partial charge in [-0.2, -0.15) is 18.4 Å². The van der Waals surface area contributed by atoms with Crippen molar-refractivity contribution in [3.05, 3.63) is 52.3 Å². The van der Waals surface area contributed by atoms with E-state index >= 15 is 0 Å². The van der Waals surface area contributed by atoms with Gasteiger partial charge >= 0.3 is 6.18 Å². The number of alkyl halides is 3. The summed E-state index contributed by atoms with van der Waals surface area (Å²) in [5.41, 5.74) is 3.98. The van der Waals surface area contributed by atoms with Crippen molar-refractivity contribution >= 4 is 48.3 Å². The zero-order valence-electron chi connectivity index (χ0n) is 25.9. The van der Waals surface area contributed by atoms with Crippen molar-refractivity contribution in [3.8, 4) is 6.07 Å². The lowest BCUT2D eigenvalue weighted by Gasteiger charge is -2.43. The van der Waals surface area contributed by atoms with E-state index in [2.05, 4.69) is 66.4 Å². The Morgan fingerprint density at radius 1 is 1.13 bits per heavy atom. The molecule has 0 aliphatic carbocycles. The molecule has 2 N–H and O–H groups in total. The first-order chi connectivity index (χ1) is 21.8. The van der Waals surface area contributed by atoms with Gasteiger partial charge in [0, 0.05) is 73.2 Å². The number of likely N-dealkylation sites (tertiary alicyclic amines) is 2. The zero-order chi connectivity index (χ0) is 32.8. The third-order valence-corrected chi connectivity index (χ3v) is 10.8. The molecule has 1 unspecified atom stereocenters. The van der Waals surface area contributed by atoms with Gasteiger partial charge in [0.1, 0.15) is 28.7 Å². The topological polar surface area (TPSA) is 119 Å². The van der Waals surface area contributed by atoms with E-state index in [1.54, 1.807) is 6.07 Å². The van der Waals surface area contributed by atoms with Gasteiger partial charge in [0.15, 0.2) is 0 Å². The highest BCUT2D eigenvalue weighted by molar-refractivity contribution is 7.88. The summed E-state index contributed by atoms with van der Waals surface area (Å²) in [6.07, 6.45) is -0.915. The predicted molar refractivity (Wildman–Crippen MR) is 173 cm³/mol. The Morgan fingerprint density at radius 3 is 2.54 bits per heavy atom. The van der Waals surface area contributed by atoms with Crippen molar-refractivity contribution in [2.75, 3.05) is 37.8 Å². The van der Waals surface area contributed by atoms with Crippen LogP contribution in [0.5, 0.6) is 0 Å². The van der Waals surface area contributed by atoms with Crippen LogP contribution >= 0.6 is 11.3 Å². The Labute approximate surface area is 270 Å². The summed E-state index contributed by atoms with van der Waals surface area (Å²) < 4.78 is 66.6. The number of hydrogen-bond donors (Lipinski definition) is 2. The molecule has 2 aliphatic rings. The van der Waals surface area contributed by atoms with Crippen LogP contribution in [0.2, 0.25) is 0 Å². The first-order valence-electron chi connectivity index (χ1n) is 15.3. The average Bonchev–Trinajstić information content (AvgIpc) is 3.53. The standard InChI is InChI=1S/C31H37F3N8O2S2/c1-19(41-16-23(17-41)39-46(3,43)44)14-42-24(13-35)10-26-20(2)21(4-5-28(26)42)15-40-8-6-22(7-9-40)38-29-27-11-25(12-31(32,33)34)45-30(27)37-18-36-29/h4-5,10-11,18-19,22-23,39H,6-9,12,14-17H2,1-3H3,(H,36,37,38). The lowest BCUT2D eigenvalue weighted by atomic mass is 10.0. The van der Waals surface area contributed by atoms with Crippen LogP contribution in [0.1, 0.15) is 41.5 Å². The number of thiophene rings is 1. The molecule has 0 radical (unpaired) electrons. The molecule has 46 heavy (non-hydrogen) atoms. The summed E-state index contributed by atoms with van der Waals surface area (Å²) in [5, 5.41) is 15.1. The molecule has 1 aromatic carbocycles. The first kappa shape index (κ1) is 32.6. The second-order valence-corrected chi connectivity index (χ2v) is 15.5. The number of aromatic nitrogens is 3. The van der Waals surface area contributed by atoms with E-state index in [1.165, 1.54) is 18.1 Å². The molecule has 6 rings (SSSR count). The van der Waals surface area contributed by atoms with Gasteiger partial charge in [-0.15, -0.1) is 11.3 Å². The van der Waals surface area contributed by atoms with Gasteiger partial charge in [-0.1, -0.05) is 6.07 Å². The van der Waals surface area contributed by atoms with Crippen molar-refractivity contribution in [1.29, 1.82) is 5.26 Å². The number of halogens is 3. The molecular weight excluding hydrogens is 638 g/mol. The van der Waals surface area contributed by atoms with Crippen LogP contribution in [-0.2, 0) is 29.5 Å². The van der Waals surface area contributed by atoms with Gasteiger partial charge in [-0.3, -0.25) is 9.80 Å². The largest absolute Gasteiger partial charge is 0.393 e. The van der Waals surface area contributed by atoms with E-state index in [-0.39, 0.29) is 23.0 Å². The number of nitriles is 1. The van der Waals surface area contributed by atoms with E-state index in [9.17, 15) is 26.9 Å². The van der Waals surface area contributed by atoms with Gasteiger partial charge in [0.25, 0.3) is 0 Å². The number of nitrogens with zero attached hydrogens (tertiary/aromatic N) is 6. The summed E-state index contributed by atoms with van der Waals surface area (Å²) in [6, 6.07) is 10.3. The van der Waals surface area contributed by atoms with Crippen LogP contribution in [-0.4, -0.2) is 89.5 Å². The summed E-state index contributed by atoms with van der Waals surface area (Å²) in [5.74, 6) is 0.584. The van der Waals surface area contributed by atoms with Crippen LogP contribution < -0.4 is 10.0 Å². The minimum atomic E-state index is -4.27. The van der Waals surface area contributed by atoms with Gasteiger partial charge in [0.2, 0.25) is 10.0 Å². The van der Waals surface area contributed by atoms with Gasteiger partial charge in [0.05, 0.1) is 18.1 Å². The molecule has 4 aromatic rings. The molecule has 2 fully saturated rings. The molecule has 10 nitrogen and oxygen atoms in total. The third-order valence-electron chi connectivity index (χ3n) is 9.02. The Bertz CT molecular complexity index is 1890. The molecular formula is C31H37F3N8O2S2. The maximum atomic E-state index is 12.9. The fourth-order valence-corrected chi connectivity index (χ4v) is 8.37.